The third-order valence-electron chi connectivity index (χ3n) is 4.73. The van der Waals surface area contributed by atoms with Gasteiger partial charge >= 0.3 is 0 Å². The summed E-state index contributed by atoms with van der Waals surface area (Å²) < 4.78 is 7.53. The number of thioether (sulfide) groups is 1. The van der Waals surface area contributed by atoms with Gasteiger partial charge in [-0.1, -0.05) is 49.3 Å². The number of anilines is 1. The number of ether oxygens (including phenoxy) is 1. The fourth-order valence-corrected chi connectivity index (χ4v) is 3.83. The average Bonchev–Trinajstić information content (AvgIpc) is 3.12. The van der Waals surface area contributed by atoms with Crippen molar-refractivity contribution in [1.29, 1.82) is 0 Å². The maximum Gasteiger partial charge on any atom is 0.226 e. The van der Waals surface area contributed by atoms with E-state index in [-0.39, 0.29) is 29.5 Å². The van der Waals surface area contributed by atoms with Crippen LogP contribution in [0, 0.1) is 5.92 Å². The zero-order chi connectivity index (χ0) is 23.3. The summed E-state index contributed by atoms with van der Waals surface area (Å²) in [6.45, 7) is 5.69. The minimum absolute atomic E-state index is 0.0337. The Bertz CT molecular complexity index is 1100. The Morgan fingerprint density at radius 2 is 1.78 bits per heavy atom. The number of hydrogen-bond acceptors (Lipinski definition) is 6. The van der Waals surface area contributed by atoms with Gasteiger partial charge in [-0.15, -0.1) is 10.2 Å². The van der Waals surface area contributed by atoms with Crippen molar-refractivity contribution in [2.45, 2.75) is 37.8 Å². The summed E-state index contributed by atoms with van der Waals surface area (Å²) in [5.41, 5.74) is 1.23. The summed E-state index contributed by atoms with van der Waals surface area (Å²) in [6, 6.07) is 14.1. The minimum Gasteiger partial charge on any atom is -0.484 e. The standard InChI is InChI=1S/C23H25ClN4O3S/c1-14(2)22(30)25-17-11-9-16(10-12-17)21(29)15(3)32-23-27-26-20(28(23)4)13-31-19-8-6-5-7-18(19)24/h5-12,14-15H,13H2,1-4H3,(H,25,30). The molecule has 0 spiro atoms. The van der Waals surface area contributed by atoms with Crippen molar-refractivity contribution in [2.24, 2.45) is 13.0 Å². The van der Waals surface area contributed by atoms with E-state index < -0.39 is 0 Å². The number of aromatic nitrogens is 3. The molecule has 1 amide bonds. The second-order valence-corrected chi connectivity index (χ2v) is 9.24. The normalized spacial score (nSPS) is 11.9. The highest BCUT2D eigenvalue weighted by molar-refractivity contribution is 8.00. The Morgan fingerprint density at radius 3 is 2.44 bits per heavy atom. The molecule has 0 saturated heterocycles. The molecule has 1 unspecified atom stereocenters. The van der Waals surface area contributed by atoms with Crippen LogP contribution in [0.2, 0.25) is 5.02 Å². The molecule has 1 N–H and O–H groups in total. The van der Waals surface area contributed by atoms with Crippen LogP contribution in [0.25, 0.3) is 0 Å². The molecule has 168 valence electrons. The van der Waals surface area contributed by atoms with Gasteiger partial charge in [-0.2, -0.15) is 0 Å². The van der Waals surface area contributed by atoms with E-state index in [1.807, 2.05) is 40.0 Å². The van der Waals surface area contributed by atoms with Gasteiger partial charge in [0.1, 0.15) is 12.4 Å². The first kappa shape index (κ1) is 23.8. The monoisotopic (exact) mass is 472 g/mol. The molecule has 0 saturated carbocycles. The van der Waals surface area contributed by atoms with Gasteiger partial charge in [0.15, 0.2) is 16.8 Å². The van der Waals surface area contributed by atoms with Crippen LogP contribution in [0.4, 0.5) is 5.69 Å². The number of halogens is 1. The molecule has 0 aliphatic carbocycles. The maximum absolute atomic E-state index is 12.9. The van der Waals surface area contributed by atoms with Crippen LogP contribution in [-0.4, -0.2) is 31.7 Å². The number of ketones is 1. The molecule has 0 aliphatic heterocycles. The molecule has 1 heterocycles. The minimum atomic E-state index is -0.369. The van der Waals surface area contributed by atoms with Gasteiger partial charge in [-0.25, -0.2) is 0 Å². The molecule has 1 aromatic heterocycles. The van der Waals surface area contributed by atoms with Crippen LogP contribution in [0.3, 0.4) is 0 Å². The molecule has 3 aromatic rings. The van der Waals surface area contributed by atoms with Gasteiger partial charge in [-0.3, -0.25) is 9.59 Å². The van der Waals surface area contributed by atoms with Crippen LogP contribution >= 0.6 is 23.4 Å². The zero-order valence-corrected chi connectivity index (χ0v) is 19.9. The van der Waals surface area contributed by atoms with Crippen LogP contribution in [0.1, 0.15) is 37.0 Å². The molecule has 0 aliphatic rings. The van der Waals surface area contributed by atoms with Gasteiger partial charge in [0.25, 0.3) is 0 Å². The molecular formula is C23H25ClN4O3S. The smallest absolute Gasteiger partial charge is 0.226 e. The molecule has 0 fully saturated rings. The van der Waals surface area contributed by atoms with E-state index in [9.17, 15) is 9.59 Å². The Morgan fingerprint density at radius 1 is 1.09 bits per heavy atom. The van der Waals surface area contributed by atoms with Crippen molar-refractivity contribution >= 4 is 40.7 Å². The first-order valence-corrected chi connectivity index (χ1v) is 11.4. The summed E-state index contributed by atoms with van der Waals surface area (Å²) in [6.07, 6.45) is 0. The number of carbonyl (C=O) groups is 2. The second-order valence-electron chi connectivity index (χ2n) is 7.52. The van der Waals surface area contributed by atoms with Crippen molar-refractivity contribution in [3.63, 3.8) is 0 Å². The van der Waals surface area contributed by atoms with Crippen LogP contribution in [0.15, 0.2) is 53.7 Å². The largest absolute Gasteiger partial charge is 0.484 e. The summed E-state index contributed by atoms with van der Waals surface area (Å²) in [5.74, 6) is 0.984. The van der Waals surface area contributed by atoms with E-state index >= 15 is 0 Å². The number of benzene rings is 2. The highest BCUT2D eigenvalue weighted by Crippen LogP contribution is 2.27. The third-order valence-corrected chi connectivity index (χ3v) is 6.18. The van der Waals surface area contributed by atoms with Crippen LogP contribution in [0.5, 0.6) is 5.75 Å². The Balaban J connectivity index is 1.60. The summed E-state index contributed by atoms with van der Waals surface area (Å²) in [5, 5.41) is 12.0. The first-order chi connectivity index (χ1) is 15.3. The van der Waals surface area contributed by atoms with Gasteiger partial charge in [0, 0.05) is 24.2 Å². The van der Waals surface area contributed by atoms with Crippen molar-refractivity contribution in [3.8, 4) is 5.75 Å². The van der Waals surface area contributed by atoms with E-state index in [0.29, 0.717) is 33.0 Å². The first-order valence-electron chi connectivity index (χ1n) is 10.1. The molecular weight excluding hydrogens is 448 g/mol. The van der Waals surface area contributed by atoms with E-state index in [4.69, 9.17) is 16.3 Å². The fourth-order valence-electron chi connectivity index (χ4n) is 2.73. The van der Waals surface area contributed by atoms with Gasteiger partial charge in [0.2, 0.25) is 5.91 Å². The van der Waals surface area contributed by atoms with E-state index in [1.165, 1.54) is 11.8 Å². The molecule has 2 aromatic carbocycles. The lowest BCUT2D eigenvalue weighted by Crippen LogP contribution is -2.18. The highest BCUT2D eigenvalue weighted by atomic mass is 35.5. The summed E-state index contributed by atoms with van der Waals surface area (Å²) in [7, 11) is 1.83. The molecule has 0 bridgehead atoms. The summed E-state index contributed by atoms with van der Waals surface area (Å²) >= 11 is 7.44. The van der Waals surface area contributed by atoms with Crippen LogP contribution < -0.4 is 10.1 Å². The number of carbonyl (C=O) groups excluding carboxylic acids is 2. The average molecular weight is 473 g/mol. The quantitative estimate of drug-likeness (QED) is 0.348. The molecule has 9 heteroatoms. The lowest BCUT2D eigenvalue weighted by molar-refractivity contribution is -0.118. The molecule has 0 radical (unpaired) electrons. The number of amides is 1. The predicted molar refractivity (Wildman–Crippen MR) is 126 cm³/mol. The van der Waals surface area contributed by atoms with Crippen molar-refractivity contribution in [2.75, 3.05) is 5.32 Å². The second kappa shape index (κ2) is 10.7. The number of Topliss-reactive ketones (excluding diaryl/α,β-unsaturated/α-hetero) is 1. The number of hydrogen-bond donors (Lipinski definition) is 1. The molecule has 7 nitrogen and oxygen atoms in total. The van der Waals surface area contributed by atoms with Crippen molar-refractivity contribution < 1.29 is 14.3 Å². The number of nitrogens with one attached hydrogen (secondary N) is 1. The van der Waals surface area contributed by atoms with Crippen LogP contribution in [-0.2, 0) is 18.4 Å². The van der Waals surface area contributed by atoms with Gasteiger partial charge in [-0.05, 0) is 43.3 Å². The predicted octanol–water partition coefficient (Wildman–Crippen LogP) is 5.01. The Hall–Kier alpha value is -2.84. The lowest BCUT2D eigenvalue weighted by Gasteiger charge is -2.12. The van der Waals surface area contributed by atoms with Gasteiger partial charge < -0.3 is 14.6 Å². The SMILES string of the molecule is CC(C)C(=O)Nc1ccc(C(=O)C(C)Sc2nnc(COc3ccccc3Cl)n2C)cc1. The molecule has 3 rings (SSSR count). The topological polar surface area (TPSA) is 86.1 Å². The summed E-state index contributed by atoms with van der Waals surface area (Å²) in [4.78, 5) is 24.7. The molecule has 1 atom stereocenters. The fraction of sp³-hybridized carbons (Fsp3) is 0.304. The Kier molecular flexibility index (Phi) is 7.93. The number of rotatable bonds is 9. The third kappa shape index (κ3) is 5.89. The lowest BCUT2D eigenvalue weighted by atomic mass is 10.1. The zero-order valence-electron chi connectivity index (χ0n) is 18.3. The van der Waals surface area contributed by atoms with Gasteiger partial charge in [0.05, 0.1) is 10.3 Å². The Labute approximate surface area is 196 Å². The van der Waals surface area contributed by atoms with E-state index in [0.717, 1.165) is 0 Å². The van der Waals surface area contributed by atoms with E-state index in [2.05, 4.69) is 15.5 Å². The molecule has 32 heavy (non-hydrogen) atoms. The van der Waals surface area contributed by atoms with E-state index in [1.54, 1.807) is 41.0 Å². The number of nitrogens with zero attached hydrogens (tertiary/aromatic N) is 3. The number of para-hydroxylation sites is 1. The van der Waals surface area contributed by atoms with Crippen molar-refractivity contribution in [3.05, 3.63) is 64.9 Å². The highest BCUT2D eigenvalue weighted by Gasteiger charge is 2.20. The van der Waals surface area contributed by atoms with Crippen molar-refractivity contribution in [1.82, 2.24) is 14.8 Å². The maximum atomic E-state index is 12.9.